The Bertz CT molecular complexity index is 782. The zero-order chi connectivity index (χ0) is 24.4. The molecule has 2 aliphatic heterocycles. The van der Waals surface area contributed by atoms with Crippen LogP contribution in [0.25, 0.3) is 0 Å². The summed E-state index contributed by atoms with van der Waals surface area (Å²) in [6, 6.07) is -0.742. The van der Waals surface area contributed by atoms with E-state index in [4.69, 9.17) is 14.2 Å². The minimum Gasteiger partial charge on any atom is -0.462 e. The molecule has 2 fully saturated rings. The molecule has 9 heteroatoms. The Hall–Kier alpha value is -2.45. The predicted molar refractivity (Wildman–Crippen MR) is 113 cm³/mol. The fraction of sp³-hybridized carbons (Fsp3) is 0.783. The monoisotopic (exact) mass is 453 g/mol. The number of rotatable bonds is 3. The third-order valence-corrected chi connectivity index (χ3v) is 6.98. The van der Waals surface area contributed by atoms with E-state index in [9.17, 15) is 24.0 Å². The van der Waals surface area contributed by atoms with Gasteiger partial charge in [0.15, 0.2) is 5.60 Å². The molecule has 2 saturated heterocycles. The first-order valence-electron chi connectivity index (χ1n) is 11.2. The van der Waals surface area contributed by atoms with Crippen LogP contribution >= 0.6 is 0 Å². The Labute approximate surface area is 188 Å². The molecule has 8 atom stereocenters. The molecule has 0 spiro atoms. The van der Waals surface area contributed by atoms with Crippen LogP contribution in [0.3, 0.4) is 0 Å². The van der Waals surface area contributed by atoms with Crippen LogP contribution in [0, 0.1) is 23.7 Å². The lowest BCUT2D eigenvalue weighted by Gasteiger charge is -2.39. The summed E-state index contributed by atoms with van der Waals surface area (Å²) in [4.78, 5) is 62.5. The van der Waals surface area contributed by atoms with E-state index >= 15 is 0 Å². The van der Waals surface area contributed by atoms with Crippen molar-refractivity contribution in [2.24, 2.45) is 23.7 Å². The molecule has 1 amide bonds. The van der Waals surface area contributed by atoms with Gasteiger partial charge in [-0.15, -0.1) is 0 Å². The highest BCUT2D eigenvalue weighted by Gasteiger charge is 2.56. The Balaban J connectivity index is 2.53. The summed E-state index contributed by atoms with van der Waals surface area (Å²) < 4.78 is 16.5. The van der Waals surface area contributed by atoms with Crippen molar-refractivity contribution in [3.8, 4) is 0 Å². The number of ether oxygens (including phenoxy) is 3. The molecular formula is C23H35NO8. The minimum absolute atomic E-state index is 0.154. The molecule has 0 saturated carbocycles. The van der Waals surface area contributed by atoms with Gasteiger partial charge in [-0.05, 0) is 40.0 Å². The van der Waals surface area contributed by atoms with Gasteiger partial charge in [-0.3, -0.25) is 19.2 Å². The lowest BCUT2D eigenvalue weighted by molar-refractivity contribution is -0.171. The van der Waals surface area contributed by atoms with Crippen molar-refractivity contribution in [1.29, 1.82) is 0 Å². The Morgan fingerprint density at radius 1 is 1.03 bits per heavy atom. The lowest BCUT2D eigenvalue weighted by Crippen LogP contribution is -2.57. The molecule has 0 aromatic heterocycles. The number of fused-ring (bicyclic) bond motifs is 1. The SMILES string of the molecule is CC[C@H]1OC(=O)[C@H](C)C(=O)[C@H](C)C[C@](C)(OC=O)C[C@@H](C)C(=O)C(C)C2NC(=O)O[C@@]21C. The second kappa shape index (κ2) is 9.58. The minimum atomic E-state index is -1.29. The van der Waals surface area contributed by atoms with Crippen molar-refractivity contribution < 1.29 is 38.2 Å². The van der Waals surface area contributed by atoms with Crippen LogP contribution in [0.2, 0.25) is 0 Å². The smallest absolute Gasteiger partial charge is 0.408 e. The molecule has 32 heavy (non-hydrogen) atoms. The lowest BCUT2D eigenvalue weighted by atomic mass is 9.74. The molecule has 1 N–H and O–H groups in total. The summed E-state index contributed by atoms with van der Waals surface area (Å²) in [5.41, 5.74) is -2.37. The molecule has 2 unspecified atom stereocenters. The predicted octanol–water partition coefficient (Wildman–Crippen LogP) is 2.58. The van der Waals surface area contributed by atoms with Crippen LogP contribution in [-0.4, -0.2) is 53.4 Å². The maximum atomic E-state index is 13.3. The van der Waals surface area contributed by atoms with Crippen molar-refractivity contribution in [3.63, 3.8) is 0 Å². The van der Waals surface area contributed by atoms with Gasteiger partial charge in [-0.25, -0.2) is 4.79 Å². The number of hydrogen-bond acceptors (Lipinski definition) is 8. The summed E-state index contributed by atoms with van der Waals surface area (Å²) in [5.74, 6) is -4.07. The average molecular weight is 454 g/mol. The fourth-order valence-electron chi connectivity index (χ4n) is 5.25. The quantitative estimate of drug-likeness (QED) is 0.299. The molecule has 2 aliphatic rings. The van der Waals surface area contributed by atoms with Gasteiger partial charge in [-0.1, -0.05) is 27.7 Å². The van der Waals surface area contributed by atoms with Gasteiger partial charge in [0.2, 0.25) is 0 Å². The zero-order valence-corrected chi connectivity index (χ0v) is 19.9. The van der Waals surface area contributed by atoms with Crippen LogP contribution < -0.4 is 5.32 Å². The summed E-state index contributed by atoms with van der Waals surface area (Å²) in [7, 11) is 0. The molecule has 0 aliphatic carbocycles. The average Bonchev–Trinajstić information content (AvgIpc) is 3.03. The second-order valence-corrected chi connectivity index (χ2v) is 9.72. The topological polar surface area (TPSA) is 125 Å². The number of cyclic esters (lactones) is 1. The zero-order valence-electron chi connectivity index (χ0n) is 19.9. The highest BCUT2D eigenvalue weighted by Crippen LogP contribution is 2.38. The normalized spacial score (nSPS) is 41.6. The van der Waals surface area contributed by atoms with E-state index in [2.05, 4.69) is 5.32 Å². The molecule has 0 aromatic carbocycles. The van der Waals surface area contributed by atoms with Gasteiger partial charge < -0.3 is 19.5 Å². The van der Waals surface area contributed by atoms with Crippen LogP contribution in [0.1, 0.15) is 67.7 Å². The van der Waals surface area contributed by atoms with Crippen LogP contribution in [0.15, 0.2) is 0 Å². The van der Waals surface area contributed by atoms with Crippen molar-refractivity contribution in [2.75, 3.05) is 0 Å². The van der Waals surface area contributed by atoms with Crippen LogP contribution in [-0.2, 0) is 33.4 Å². The van der Waals surface area contributed by atoms with E-state index in [1.54, 1.807) is 41.5 Å². The first kappa shape index (κ1) is 25.8. The number of alkyl carbamates (subject to hydrolysis) is 1. The first-order valence-corrected chi connectivity index (χ1v) is 11.2. The van der Waals surface area contributed by atoms with E-state index in [1.807, 2.05) is 0 Å². The van der Waals surface area contributed by atoms with Crippen molar-refractivity contribution in [3.05, 3.63) is 0 Å². The van der Waals surface area contributed by atoms with Crippen molar-refractivity contribution in [2.45, 2.75) is 91.1 Å². The van der Waals surface area contributed by atoms with Crippen molar-refractivity contribution >= 4 is 30.1 Å². The molecule has 9 nitrogen and oxygen atoms in total. The summed E-state index contributed by atoms with van der Waals surface area (Å²) >= 11 is 0. The Morgan fingerprint density at radius 2 is 1.59 bits per heavy atom. The number of hydrogen-bond donors (Lipinski definition) is 1. The summed E-state index contributed by atoms with van der Waals surface area (Å²) in [6.45, 7) is 12.0. The Kier molecular flexibility index (Phi) is 7.73. The summed E-state index contributed by atoms with van der Waals surface area (Å²) in [6.07, 6.45) is -0.865. The number of nitrogens with one attached hydrogen (secondary N) is 1. The Morgan fingerprint density at radius 3 is 2.12 bits per heavy atom. The number of amides is 1. The van der Waals surface area contributed by atoms with Crippen molar-refractivity contribution in [1.82, 2.24) is 5.32 Å². The van der Waals surface area contributed by atoms with E-state index in [0.29, 0.717) is 12.9 Å². The molecular weight excluding hydrogens is 418 g/mol. The number of Topliss-reactive ketones (excluding diaryl/α,β-unsaturated/α-hetero) is 2. The molecule has 0 aromatic rings. The maximum absolute atomic E-state index is 13.3. The molecule has 0 radical (unpaired) electrons. The molecule has 2 rings (SSSR count). The van der Waals surface area contributed by atoms with Gasteiger partial charge in [-0.2, -0.15) is 0 Å². The summed E-state index contributed by atoms with van der Waals surface area (Å²) in [5, 5.41) is 2.70. The first-order chi connectivity index (χ1) is 14.8. The van der Waals surface area contributed by atoms with Crippen LogP contribution in [0.5, 0.6) is 0 Å². The number of carbonyl (C=O) groups excluding carboxylic acids is 5. The third kappa shape index (κ3) is 4.96. The van der Waals surface area contributed by atoms with E-state index in [1.165, 1.54) is 6.92 Å². The number of carbonyl (C=O) groups is 5. The van der Waals surface area contributed by atoms with Gasteiger partial charge in [0.25, 0.3) is 6.47 Å². The molecule has 2 heterocycles. The van der Waals surface area contributed by atoms with E-state index in [0.717, 1.165) is 0 Å². The molecule has 180 valence electrons. The largest absolute Gasteiger partial charge is 0.462 e. The van der Waals surface area contributed by atoms with E-state index in [-0.39, 0.29) is 24.4 Å². The number of esters is 1. The second-order valence-electron chi connectivity index (χ2n) is 9.72. The maximum Gasteiger partial charge on any atom is 0.408 e. The van der Waals surface area contributed by atoms with E-state index < -0.39 is 59.1 Å². The fourth-order valence-corrected chi connectivity index (χ4v) is 5.25. The highest BCUT2D eigenvalue weighted by molar-refractivity contribution is 5.99. The van der Waals surface area contributed by atoms with Gasteiger partial charge in [0, 0.05) is 17.8 Å². The highest BCUT2D eigenvalue weighted by atomic mass is 16.6. The third-order valence-electron chi connectivity index (χ3n) is 6.98. The van der Waals surface area contributed by atoms with Gasteiger partial charge >= 0.3 is 12.1 Å². The molecule has 0 bridgehead atoms. The van der Waals surface area contributed by atoms with Crippen LogP contribution in [0.4, 0.5) is 4.79 Å². The van der Waals surface area contributed by atoms with Gasteiger partial charge in [0.1, 0.15) is 29.2 Å². The number of ketones is 2. The standard InChI is InChI=1S/C23H35NO8/c1-8-16-23(7)19(24-21(29)32-23)14(4)17(26)12(2)9-22(6,30-11-25)10-13(3)18(27)15(5)20(28)31-16/h11-16,19H,8-10H2,1-7H3,(H,24,29)/t12-,13-,14?,15-,16-,19?,22-,23-/m1/s1. The van der Waals surface area contributed by atoms with Gasteiger partial charge in [0.05, 0.1) is 6.04 Å².